The molecule has 5 heteroatoms. The van der Waals surface area contributed by atoms with Gasteiger partial charge in [-0.3, -0.25) is 4.79 Å². The summed E-state index contributed by atoms with van der Waals surface area (Å²) < 4.78 is 5.37. The Morgan fingerprint density at radius 1 is 1.91 bits per heavy atom. The van der Waals surface area contributed by atoms with Gasteiger partial charge in [0.1, 0.15) is 0 Å². The monoisotopic (exact) mass is 235 g/mol. The normalized spacial score (nSPS) is 9.64. The van der Waals surface area contributed by atoms with Crippen LogP contribution in [0.3, 0.4) is 0 Å². The lowest BCUT2D eigenvalue weighted by atomic mass is 10.3. The molecule has 60 valence electrons. The predicted molar refractivity (Wildman–Crippen MR) is 45.5 cm³/mol. The zero-order valence-electron chi connectivity index (χ0n) is 5.83. The number of carbonyl (C=O) groups excluding carboxylic acids is 1. The zero-order valence-corrected chi connectivity index (χ0v) is 8.24. The van der Waals surface area contributed by atoms with E-state index in [2.05, 4.69) is 25.7 Å². The maximum absolute atomic E-state index is 10.8. The topological polar surface area (TPSA) is 39.2 Å². The number of methoxy groups -OCH3 is 1. The highest BCUT2D eigenvalue weighted by Crippen LogP contribution is 2.20. The highest BCUT2D eigenvalue weighted by Gasteiger charge is 2.08. The zero-order chi connectivity index (χ0) is 8.27. The van der Waals surface area contributed by atoms with Crippen molar-refractivity contribution in [1.82, 2.24) is 4.98 Å². The standard InChI is InChI=1S/C6H6BrNO2S/c1-10-5(9)2-4-6(7)11-3-8-4/h3H,2H2,1H3. The minimum Gasteiger partial charge on any atom is -0.469 e. The van der Waals surface area contributed by atoms with Crippen LogP contribution in [0.1, 0.15) is 5.69 Å². The summed E-state index contributed by atoms with van der Waals surface area (Å²) in [7, 11) is 1.36. The van der Waals surface area contributed by atoms with E-state index < -0.39 is 0 Å². The van der Waals surface area contributed by atoms with Gasteiger partial charge in [0.2, 0.25) is 0 Å². The van der Waals surface area contributed by atoms with Crippen molar-refractivity contribution in [2.45, 2.75) is 6.42 Å². The predicted octanol–water partition coefficient (Wildman–Crippen LogP) is 1.62. The Balaban J connectivity index is 2.64. The number of nitrogens with zero attached hydrogens (tertiary/aromatic N) is 1. The molecular formula is C6H6BrNO2S. The second-order valence-electron chi connectivity index (χ2n) is 1.83. The molecule has 0 radical (unpaired) electrons. The van der Waals surface area contributed by atoms with Crippen molar-refractivity contribution >= 4 is 33.2 Å². The van der Waals surface area contributed by atoms with E-state index in [0.717, 1.165) is 9.48 Å². The lowest BCUT2D eigenvalue weighted by Crippen LogP contribution is -2.04. The van der Waals surface area contributed by atoms with E-state index in [1.54, 1.807) is 5.51 Å². The Hall–Kier alpha value is -0.420. The first-order valence-corrected chi connectivity index (χ1v) is 4.56. The van der Waals surface area contributed by atoms with Crippen LogP contribution in [0.4, 0.5) is 0 Å². The van der Waals surface area contributed by atoms with Crippen molar-refractivity contribution in [1.29, 1.82) is 0 Å². The fourth-order valence-electron chi connectivity index (χ4n) is 0.579. The van der Waals surface area contributed by atoms with Gasteiger partial charge >= 0.3 is 5.97 Å². The van der Waals surface area contributed by atoms with Gasteiger partial charge in [-0.15, -0.1) is 11.3 Å². The van der Waals surface area contributed by atoms with Gasteiger partial charge in [-0.1, -0.05) is 0 Å². The highest BCUT2D eigenvalue weighted by molar-refractivity contribution is 9.11. The van der Waals surface area contributed by atoms with Gasteiger partial charge in [-0.25, -0.2) is 4.98 Å². The molecule has 0 aliphatic heterocycles. The fourth-order valence-corrected chi connectivity index (χ4v) is 1.61. The van der Waals surface area contributed by atoms with Gasteiger partial charge in [0, 0.05) is 0 Å². The summed E-state index contributed by atoms with van der Waals surface area (Å²) in [6.07, 6.45) is 0.237. The number of carbonyl (C=O) groups is 1. The number of halogens is 1. The Labute approximate surface area is 76.5 Å². The van der Waals surface area contributed by atoms with Gasteiger partial charge in [0.15, 0.2) is 0 Å². The van der Waals surface area contributed by atoms with Crippen LogP contribution < -0.4 is 0 Å². The molecule has 0 aliphatic carbocycles. The van der Waals surface area contributed by atoms with Crippen molar-refractivity contribution in [3.8, 4) is 0 Å². The molecule has 0 bridgehead atoms. The first-order valence-electron chi connectivity index (χ1n) is 2.88. The molecule has 3 nitrogen and oxygen atoms in total. The van der Waals surface area contributed by atoms with Crippen LogP contribution in [0.15, 0.2) is 9.30 Å². The Morgan fingerprint density at radius 2 is 2.64 bits per heavy atom. The SMILES string of the molecule is COC(=O)Cc1ncsc1Br. The molecule has 0 fully saturated rings. The maximum atomic E-state index is 10.8. The molecule has 1 aromatic heterocycles. The van der Waals surface area contributed by atoms with E-state index in [1.165, 1.54) is 18.4 Å². The molecule has 0 saturated heterocycles. The third-order valence-electron chi connectivity index (χ3n) is 1.13. The number of hydrogen-bond donors (Lipinski definition) is 0. The lowest BCUT2D eigenvalue weighted by Gasteiger charge is -1.94. The van der Waals surface area contributed by atoms with Gasteiger partial charge in [-0.05, 0) is 15.9 Å². The molecule has 11 heavy (non-hydrogen) atoms. The Kier molecular flexibility index (Phi) is 3.02. The molecule has 0 spiro atoms. The van der Waals surface area contributed by atoms with Crippen molar-refractivity contribution < 1.29 is 9.53 Å². The number of rotatable bonds is 2. The van der Waals surface area contributed by atoms with Crippen LogP contribution in [0.25, 0.3) is 0 Å². The van der Waals surface area contributed by atoms with Gasteiger partial charge in [0.05, 0.1) is 28.5 Å². The van der Waals surface area contributed by atoms with Gasteiger partial charge in [0.25, 0.3) is 0 Å². The molecule has 1 aromatic rings. The molecule has 0 unspecified atom stereocenters. The second kappa shape index (κ2) is 3.82. The Bertz CT molecular complexity index is 261. The number of thiazole rings is 1. The van der Waals surface area contributed by atoms with Gasteiger partial charge < -0.3 is 4.74 Å². The summed E-state index contributed by atoms with van der Waals surface area (Å²) in [5.74, 6) is -0.267. The third-order valence-corrected chi connectivity index (χ3v) is 2.80. The van der Waals surface area contributed by atoms with Crippen molar-refractivity contribution in [2.24, 2.45) is 0 Å². The average Bonchev–Trinajstić information content (AvgIpc) is 2.37. The molecule has 0 aromatic carbocycles. The second-order valence-corrected chi connectivity index (χ2v) is 4.00. The van der Waals surface area contributed by atoms with E-state index >= 15 is 0 Å². The number of hydrogen-bond acceptors (Lipinski definition) is 4. The highest BCUT2D eigenvalue weighted by atomic mass is 79.9. The first kappa shape index (κ1) is 8.67. The van der Waals surface area contributed by atoms with Crippen LogP contribution in [0, 0.1) is 0 Å². The smallest absolute Gasteiger partial charge is 0.311 e. The Morgan fingerprint density at radius 3 is 3.09 bits per heavy atom. The molecule has 0 saturated carbocycles. The summed E-state index contributed by atoms with van der Waals surface area (Å²) >= 11 is 4.73. The van der Waals surface area contributed by atoms with Crippen LogP contribution in [0.2, 0.25) is 0 Å². The molecule has 0 amide bonds. The van der Waals surface area contributed by atoms with Crippen LogP contribution in [-0.2, 0) is 16.0 Å². The summed E-state index contributed by atoms with van der Waals surface area (Å²) in [5.41, 5.74) is 2.42. The van der Waals surface area contributed by atoms with E-state index in [0.29, 0.717) is 0 Å². The van der Waals surface area contributed by atoms with Crippen LogP contribution >= 0.6 is 27.3 Å². The fraction of sp³-hybridized carbons (Fsp3) is 0.333. The quantitative estimate of drug-likeness (QED) is 0.732. The van der Waals surface area contributed by atoms with E-state index in [4.69, 9.17) is 0 Å². The minimum absolute atomic E-state index is 0.237. The number of aromatic nitrogens is 1. The van der Waals surface area contributed by atoms with E-state index in [1.807, 2.05) is 0 Å². The number of esters is 1. The van der Waals surface area contributed by atoms with E-state index in [-0.39, 0.29) is 12.4 Å². The van der Waals surface area contributed by atoms with E-state index in [9.17, 15) is 4.79 Å². The molecule has 1 heterocycles. The average molecular weight is 236 g/mol. The molecular weight excluding hydrogens is 230 g/mol. The molecule has 0 N–H and O–H groups in total. The third kappa shape index (κ3) is 2.27. The van der Waals surface area contributed by atoms with Gasteiger partial charge in [-0.2, -0.15) is 0 Å². The van der Waals surface area contributed by atoms with Crippen molar-refractivity contribution in [3.05, 3.63) is 15.0 Å². The lowest BCUT2D eigenvalue weighted by molar-refractivity contribution is -0.139. The summed E-state index contributed by atoms with van der Waals surface area (Å²) in [5, 5.41) is 0. The molecule has 0 atom stereocenters. The summed E-state index contributed by atoms with van der Waals surface area (Å²) in [6.45, 7) is 0. The van der Waals surface area contributed by atoms with Crippen LogP contribution in [-0.4, -0.2) is 18.1 Å². The van der Waals surface area contributed by atoms with Crippen molar-refractivity contribution in [2.75, 3.05) is 7.11 Å². The maximum Gasteiger partial charge on any atom is 0.311 e. The summed E-state index contributed by atoms with van der Waals surface area (Å²) in [6, 6.07) is 0. The first-order chi connectivity index (χ1) is 5.24. The largest absolute Gasteiger partial charge is 0.469 e. The summed E-state index contributed by atoms with van der Waals surface area (Å²) in [4.78, 5) is 14.7. The molecule has 0 aliphatic rings. The van der Waals surface area contributed by atoms with Crippen LogP contribution in [0.5, 0.6) is 0 Å². The number of ether oxygens (including phenoxy) is 1. The minimum atomic E-state index is -0.267. The molecule has 1 rings (SSSR count). The van der Waals surface area contributed by atoms with Crippen molar-refractivity contribution in [3.63, 3.8) is 0 Å².